The first-order valence-electron chi connectivity index (χ1n) is 17.7. The Labute approximate surface area is 301 Å². The van der Waals surface area contributed by atoms with Gasteiger partial charge in [0.2, 0.25) is 0 Å². The molecule has 3 nitrogen and oxygen atoms in total. The molecule has 0 fully saturated rings. The van der Waals surface area contributed by atoms with Crippen LogP contribution in [0, 0.1) is 17.5 Å². The van der Waals surface area contributed by atoms with E-state index >= 15 is 0 Å². The SMILES string of the molecule is [2H]C(C)(C)c1cccc(C([2H])(C)C)c1-n1ccnc1-c1[c-]cccc1.[2H]C([2H])(c1ccc(-c2ccc(-c3[c-]cccc3)nc2)cc1)C(C)(C)C.[Ir]. The van der Waals surface area contributed by atoms with Gasteiger partial charge in [-0.25, -0.2) is 0 Å². The second-order valence-corrected chi connectivity index (χ2v) is 12.8. The van der Waals surface area contributed by atoms with Crippen LogP contribution in [0.4, 0.5) is 0 Å². The van der Waals surface area contributed by atoms with Gasteiger partial charge in [-0.1, -0.05) is 103 Å². The van der Waals surface area contributed by atoms with Gasteiger partial charge in [0.05, 0.1) is 5.82 Å². The molecule has 0 aliphatic carbocycles. The van der Waals surface area contributed by atoms with Gasteiger partial charge in [-0.2, -0.15) is 0 Å². The van der Waals surface area contributed by atoms with Gasteiger partial charge in [0, 0.05) is 49.9 Å². The normalized spacial score (nSPS) is 13.2. The number of nitrogens with zero attached hydrogens (tertiary/aromatic N) is 3. The second kappa shape index (κ2) is 16.1. The fourth-order valence-corrected chi connectivity index (χ4v) is 5.28. The van der Waals surface area contributed by atoms with E-state index in [2.05, 4.69) is 22.1 Å². The van der Waals surface area contributed by atoms with E-state index in [1.165, 1.54) is 0 Å². The summed E-state index contributed by atoms with van der Waals surface area (Å²) in [6.45, 7) is 13.3. The maximum Gasteiger partial charge on any atom is 0.0602 e. The van der Waals surface area contributed by atoms with Crippen LogP contribution in [0.3, 0.4) is 0 Å². The Morgan fingerprint density at radius 3 is 1.83 bits per heavy atom. The van der Waals surface area contributed by atoms with Crippen LogP contribution in [0.1, 0.15) is 82.4 Å². The Bertz CT molecular complexity index is 1970. The number of rotatable bonds is 7. The molecule has 0 saturated carbocycles. The third-order valence-corrected chi connectivity index (χ3v) is 7.43. The van der Waals surface area contributed by atoms with Gasteiger partial charge in [-0.15, -0.1) is 71.8 Å². The van der Waals surface area contributed by atoms with Crippen LogP contribution in [0.2, 0.25) is 0 Å². The predicted octanol–water partition coefficient (Wildman–Crippen LogP) is 11.4. The van der Waals surface area contributed by atoms with Gasteiger partial charge in [0.15, 0.2) is 0 Å². The van der Waals surface area contributed by atoms with Crippen molar-refractivity contribution in [2.75, 3.05) is 0 Å². The average molecular weight is 800 g/mol. The summed E-state index contributed by atoms with van der Waals surface area (Å²) < 4.78 is 35.9. The molecule has 1 radical (unpaired) electrons. The van der Waals surface area contributed by atoms with Crippen molar-refractivity contribution in [1.29, 1.82) is 0 Å². The molecular weight excluding hydrogens is 751 g/mol. The quantitative estimate of drug-likeness (QED) is 0.151. The molecule has 0 aliphatic rings. The third-order valence-electron chi connectivity index (χ3n) is 7.43. The number of benzene rings is 4. The molecule has 6 aromatic rings. The van der Waals surface area contributed by atoms with E-state index in [0.29, 0.717) is 5.56 Å². The molecule has 0 atom stereocenters. The zero-order chi connectivity index (χ0) is 36.3. The Morgan fingerprint density at radius 1 is 0.723 bits per heavy atom. The molecule has 2 aromatic heterocycles. The van der Waals surface area contributed by atoms with Crippen molar-refractivity contribution in [1.82, 2.24) is 14.5 Å². The molecule has 6 rings (SSSR count). The Morgan fingerprint density at radius 2 is 1.32 bits per heavy atom. The minimum absolute atomic E-state index is 0. The van der Waals surface area contributed by atoms with E-state index in [9.17, 15) is 0 Å². The van der Waals surface area contributed by atoms with Crippen molar-refractivity contribution in [3.05, 3.63) is 151 Å². The molecule has 2 heterocycles. The van der Waals surface area contributed by atoms with E-state index in [1.807, 2.05) is 169 Å². The zero-order valence-electron chi connectivity index (χ0n) is 32.2. The summed E-state index contributed by atoms with van der Waals surface area (Å²) in [6.07, 6.45) is 4.13. The number of pyridine rings is 1. The fraction of sp³-hybridized carbons (Fsp3) is 0.256. The van der Waals surface area contributed by atoms with Crippen LogP contribution in [0.5, 0.6) is 0 Å². The number of aromatic nitrogens is 3. The summed E-state index contributed by atoms with van der Waals surface area (Å²) in [7, 11) is 0. The van der Waals surface area contributed by atoms with Crippen molar-refractivity contribution in [2.24, 2.45) is 5.41 Å². The first kappa shape index (κ1) is 30.2. The van der Waals surface area contributed by atoms with Gasteiger partial charge >= 0.3 is 0 Å². The minimum Gasteiger partial charge on any atom is -0.340 e. The van der Waals surface area contributed by atoms with Crippen LogP contribution in [-0.4, -0.2) is 14.5 Å². The summed E-state index contributed by atoms with van der Waals surface area (Å²) in [5, 5.41) is 0. The van der Waals surface area contributed by atoms with Crippen LogP contribution >= 0.6 is 0 Å². The molecule has 0 aliphatic heterocycles. The van der Waals surface area contributed by atoms with E-state index in [0.717, 1.165) is 50.6 Å². The molecule has 0 amide bonds. The van der Waals surface area contributed by atoms with Crippen molar-refractivity contribution in [3.8, 4) is 39.5 Å². The molecule has 0 N–H and O–H groups in total. The average Bonchev–Trinajstić information content (AvgIpc) is 3.58. The largest absolute Gasteiger partial charge is 0.340 e. The summed E-state index contributed by atoms with van der Waals surface area (Å²) in [6, 6.07) is 39.5. The van der Waals surface area contributed by atoms with Crippen molar-refractivity contribution in [2.45, 2.75) is 66.6 Å². The fourth-order valence-electron chi connectivity index (χ4n) is 5.28. The van der Waals surface area contributed by atoms with E-state index < -0.39 is 23.6 Å². The van der Waals surface area contributed by atoms with Crippen molar-refractivity contribution in [3.63, 3.8) is 0 Å². The number of para-hydroxylation sites is 1. The molecule has 47 heavy (non-hydrogen) atoms. The molecule has 0 spiro atoms. The first-order chi connectivity index (χ1) is 23.5. The zero-order valence-corrected chi connectivity index (χ0v) is 30.6. The smallest absolute Gasteiger partial charge is 0.0602 e. The van der Waals surface area contributed by atoms with Crippen LogP contribution < -0.4 is 0 Å². The van der Waals surface area contributed by atoms with Crippen LogP contribution in [0.25, 0.3) is 39.5 Å². The Hall–Kier alpha value is -4.11. The van der Waals surface area contributed by atoms with Crippen molar-refractivity contribution < 1.29 is 25.6 Å². The Balaban J connectivity index is 0.000000224. The second-order valence-electron chi connectivity index (χ2n) is 12.8. The third kappa shape index (κ3) is 9.25. The monoisotopic (exact) mass is 800 g/mol. The van der Waals surface area contributed by atoms with Gasteiger partial charge in [0.1, 0.15) is 0 Å². The Kier molecular flexibility index (Phi) is 10.4. The maximum absolute atomic E-state index is 8.59. The van der Waals surface area contributed by atoms with Crippen molar-refractivity contribution >= 4 is 0 Å². The molecule has 0 saturated heterocycles. The number of imidazole rings is 1. The summed E-state index contributed by atoms with van der Waals surface area (Å²) in [5.41, 5.74) is 7.67. The first-order valence-corrected chi connectivity index (χ1v) is 15.7. The van der Waals surface area contributed by atoms with Gasteiger partial charge in [-0.05, 0) is 57.1 Å². The summed E-state index contributed by atoms with van der Waals surface area (Å²) >= 11 is 0. The van der Waals surface area contributed by atoms with E-state index in [1.54, 1.807) is 6.20 Å². The summed E-state index contributed by atoms with van der Waals surface area (Å²) in [5.74, 6) is -0.820. The molecular formula is C43H45IrN3-2. The minimum atomic E-state index is -1.38. The summed E-state index contributed by atoms with van der Waals surface area (Å²) in [4.78, 5) is 9.05. The molecule has 0 unspecified atom stereocenters. The van der Waals surface area contributed by atoms with Gasteiger partial charge < -0.3 is 9.55 Å². The standard InChI is InChI=1S/C22H22N.C21H23N2.Ir/c1-22(2,3)15-17-9-11-18(12-10-17)20-13-14-21(23-16-20)19-7-5-4-6-8-19;1-15(2)18-11-8-12-19(16(3)4)20(18)23-14-13-22-21(23)17-9-6-5-7-10-17;/h4-7,9-14,16H,15H2,1-3H3;5-9,11-16H,1-4H3;/q2*-1;/i15D2;15D,16D;. The number of hydrogen-bond acceptors (Lipinski definition) is 2. The maximum atomic E-state index is 8.59. The van der Waals surface area contributed by atoms with Gasteiger partial charge in [-0.3, -0.25) is 4.98 Å². The van der Waals surface area contributed by atoms with E-state index in [-0.39, 0.29) is 20.1 Å². The molecule has 4 aromatic carbocycles. The van der Waals surface area contributed by atoms with Gasteiger partial charge in [0.25, 0.3) is 0 Å². The molecule has 0 bridgehead atoms. The predicted molar refractivity (Wildman–Crippen MR) is 193 cm³/mol. The van der Waals surface area contributed by atoms with Crippen LogP contribution in [0.15, 0.2) is 122 Å². The van der Waals surface area contributed by atoms with Crippen LogP contribution in [-0.2, 0) is 26.5 Å². The molecule has 243 valence electrons. The van der Waals surface area contributed by atoms with E-state index in [4.69, 9.17) is 5.48 Å². The molecule has 4 heteroatoms. The number of hydrogen-bond donors (Lipinski definition) is 0. The topological polar surface area (TPSA) is 30.7 Å².